The van der Waals surface area contributed by atoms with Crippen molar-refractivity contribution in [1.82, 2.24) is 0 Å². The van der Waals surface area contributed by atoms with Gasteiger partial charge in [0.2, 0.25) is 0 Å². The van der Waals surface area contributed by atoms with Crippen molar-refractivity contribution in [1.29, 1.82) is 0 Å². The van der Waals surface area contributed by atoms with Gasteiger partial charge in [-0.1, -0.05) is 32.9 Å². The number of esters is 1. The van der Waals surface area contributed by atoms with Crippen LogP contribution in [0.3, 0.4) is 0 Å². The molecule has 0 bridgehead atoms. The zero-order valence-electron chi connectivity index (χ0n) is 14.1. The van der Waals surface area contributed by atoms with Crippen LogP contribution >= 0.6 is 0 Å². The second-order valence-electron chi connectivity index (χ2n) is 7.26. The van der Waals surface area contributed by atoms with E-state index in [0.29, 0.717) is 25.4 Å². The van der Waals surface area contributed by atoms with E-state index in [0.717, 1.165) is 5.56 Å². The first-order valence-corrected chi connectivity index (χ1v) is 10.7. The zero-order chi connectivity index (χ0) is 16.4. The van der Waals surface area contributed by atoms with E-state index in [9.17, 15) is 4.79 Å². The van der Waals surface area contributed by atoms with E-state index >= 15 is 0 Å². The van der Waals surface area contributed by atoms with E-state index in [1.54, 1.807) is 0 Å². The van der Waals surface area contributed by atoms with E-state index in [1.807, 2.05) is 24.3 Å². The molecule has 1 fully saturated rings. The van der Waals surface area contributed by atoms with Crippen LogP contribution in [0.15, 0.2) is 24.3 Å². The van der Waals surface area contributed by atoms with Crippen molar-refractivity contribution in [2.24, 2.45) is 0 Å². The monoisotopic (exact) mass is 322 g/mol. The molecule has 0 N–H and O–H groups in total. The van der Waals surface area contributed by atoms with Crippen LogP contribution in [-0.4, -0.2) is 27.0 Å². The van der Waals surface area contributed by atoms with Gasteiger partial charge in [-0.2, -0.15) is 0 Å². The molecule has 0 saturated carbocycles. The van der Waals surface area contributed by atoms with Crippen molar-refractivity contribution in [3.63, 3.8) is 0 Å². The average molecular weight is 322 g/mol. The minimum absolute atomic E-state index is 0.207. The number of rotatable bonds is 5. The quantitative estimate of drug-likeness (QED) is 0.609. The predicted octanol–water partition coefficient (Wildman–Crippen LogP) is 3.90. The first kappa shape index (κ1) is 17.0. The van der Waals surface area contributed by atoms with Crippen molar-refractivity contribution in [3.8, 4) is 5.75 Å². The Bertz CT molecular complexity index is 516. The number of carbonyl (C=O) groups is 1. The summed E-state index contributed by atoms with van der Waals surface area (Å²) in [6.07, 6.45) is 0.157. The first-order chi connectivity index (χ1) is 10.2. The highest BCUT2D eigenvalue weighted by Gasteiger charge is 2.37. The van der Waals surface area contributed by atoms with Gasteiger partial charge < -0.3 is 13.9 Å². The maximum atomic E-state index is 11.4. The molecular formula is C17H26O4Si. The van der Waals surface area contributed by atoms with Crippen molar-refractivity contribution >= 4 is 14.3 Å². The van der Waals surface area contributed by atoms with Gasteiger partial charge in [0.1, 0.15) is 5.75 Å². The third kappa shape index (κ3) is 4.11. The molecule has 0 aliphatic carbocycles. The highest BCUT2D eigenvalue weighted by molar-refractivity contribution is 6.74. The molecule has 0 radical (unpaired) electrons. The summed E-state index contributed by atoms with van der Waals surface area (Å²) >= 11 is 0. The highest BCUT2D eigenvalue weighted by Crippen LogP contribution is 2.37. The summed E-state index contributed by atoms with van der Waals surface area (Å²) in [7, 11) is -1.73. The van der Waals surface area contributed by atoms with E-state index < -0.39 is 14.4 Å². The fourth-order valence-corrected chi connectivity index (χ4v) is 2.85. The Morgan fingerprint density at radius 2 is 1.86 bits per heavy atom. The molecule has 0 amide bonds. The van der Waals surface area contributed by atoms with Crippen molar-refractivity contribution in [2.45, 2.75) is 58.0 Å². The molecule has 1 aromatic carbocycles. The molecule has 1 atom stereocenters. The molecule has 1 aliphatic rings. The van der Waals surface area contributed by atoms with Crippen LogP contribution in [-0.2, 0) is 20.6 Å². The summed E-state index contributed by atoms with van der Waals surface area (Å²) in [5, 5.41) is 0.207. The molecule has 1 aromatic rings. The highest BCUT2D eigenvalue weighted by atomic mass is 28.4. The molecule has 1 saturated heterocycles. The van der Waals surface area contributed by atoms with Gasteiger partial charge in [0.25, 0.3) is 0 Å². The van der Waals surface area contributed by atoms with Crippen molar-refractivity contribution in [3.05, 3.63) is 29.8 Å². The van der Waals surface area contributed by atoms with Gasteiger partial charge >= 0.3 is 5.97 Å². The minimum Gasteiger partial charge on any atom is -0.479 e. The Hall–Kier alpha value is -1.33. The fraction of sp³-hybridized carbons (Fsp3) is 0.588. The fourth-order valence-electron chi connectivity index (χ4n) is 1.89. The SMILES string of the molecule is CC(C)(C)[Si](C)(C)OCc1ccc(O[C@H]2CCOC2=O)cc1. The van der Waals surface area contributed by atoms with Crippen LogP contribution in [0.2, 0.25) is 18.1 Å². The molecule has 1 aliphatic heterocycles. The van der Waals surface area contributed by atoms with E-state index in [2.05, 4.69) is 33.9 Å². The molecule has 4 nitrogen and oxygen atoms in total. The molecular weight excluding hydrogens is 296 g/mol. The Morgan fingerprint density at radius 3 is 2.36 bits per heavy atom. The number of benzene rings is 1. The van der Waals surface area contributed by atoms with Gasteiger partial charge in [-0.25, -0.2) is 4.79 Å². The van der Waals surface area contributed by atoms with Crippen LogP contribution in [0.25, 0.3) is 0 Å². The van der Waals surface area contributed by atoms with Crippen LogP contribution in [0.1, 0.15) is 32.8 Å². The Kier molecular flexibility index (Phi) is 4.97. The van der Waals surface area contributed by atoms with Crippen LogP contribution in [0, 0.1) is 0 Å². The van der Waals surface area contributed by atoms with Crippen LogP contribution in [0.5, 0.6) is 5.75 Å². The van der Waals surface area contributed by atoms with Crippen LogP contribution < -0.4 is 4.74 Å². The van der Waals surface area contributed by atoms with Gasteiger partial charge in [0, 0.05) is 6.42 Å². The molecule has 2 rings (SSSR count). The Balaban J connectivity index is 1.91. The van der Waals surface area contributed by atoms with Crippen LogP contribution in [0.4, 0.5) is 0 Å². The number of ether oxygens (including phenoxy) is 2. The standard InChI is InChI=1S/C17H26O4Si/c1-17(2,3)22(4,5)20-12-13-6-8-14(9-7-13)21-15-10-11-19-16(15)18/h6-9,15H,10-12H2,1-5H3/t15-/m0/s1. The summed E-state index contributed by atoms with van der Waals surface area (Å²) in [5.41, 5.74) is 1.12. The van der Waals surface area contributed by atoms with Crippen molar-refractivity contribution in [2.75, 3.05) is 6.61 Å². The summed E-state index contributed by atoms with van der Waals surface area (Å²) in [5.74, 6) is 0.422. The lowest BCUT2D eigenvalue weighted by Crippen LogP contribution is -2.40. The van der Waals surface area contributed by atoms with E-state index in [1.165, 1.54) is 0 Å². The molecule has 22 heavy (non-hydrogen) atoms. The van der Waals surface area contributed by atoms with Gasteiger partial charge in [-0.15, -0.1) is 0 Å². The van der Waals surface area contributed by atoms with Gasteiger partial charge in [-0.3, -0.25) is 0 Å². The summed E-state index contributed by atoms with van der Waals surface area (Å²) in [6, 6.07) is 7.75. The lowest BCUT2D eigenvalue weighted by atomic mass is 10.2. The lowest BCUT2D eigenvalue weighted by Gasteiger charge is -2.36. The zero-order valence-corrected chi connectivity index (χ0v) is 15.1. The molecule has 0 spiro atoms. The third-order valence-electron chi connectivity index (χ3n) is 4.49. The first-order valence-electron chi connectivity index (χ1n) is 7.75. The maximum Gasteiger partial charge on any atom is 0.347 e. The molecule has 0 aromatic heterocycles. The number of cyclic esters (lactones) is 1. The number of hydrogen-bond acceptors (Lipinski definition) is 4. The maximum absolute atomic E-state index is 11.4. The van der Waals surface area contributed by atoms with Crippen molar-refractivity contribution < 1.29 is 18.7 Å². The molecule has 1 heterocycles. The molecule has 122 valence electrons. The van der Waals surface area contributed by atoms with Gasteiger partial charge in [0.15, 0.2) is 14.4 Å². The van der Waals surface area contributed by atoms with E-state index in [-0.39, 0.29) is 11.0 Å². The summed E-state index contributed by atoms with van der Waals surface area (Å²) in [4.78, 5) is 11.4. The second kappa shape index (κ2) is 6.42. The Labute approximate surface area is 133 Å². The average Bonchev–Trinajstić information content (AvgIpc) is 2.82. The summed E-state index contributed by atoms with van der Waals surface area (Å²) in [6.45, 7) is 12.3. The molecule has 5 heteroatoms. The second-order valence-corrected chi connectivity index (χ2v) is 12.1. The van der Waals surface area contributed by atoms with Gasteiger partial charge in [-0.05, 0) is 35.8 Å². The third-order valence-corrected chi connectivity index (χ3v) is 8.97. The smallest absolute Gasteiger partial charge is 0.347 e. The topological polar surface area (TPSA) is 44.8 Å². The molecule has 0 unspecified atom stereocenters. The van der Waals surface area contributed by atoms with Gasteiger partial charge in [0.05, 0.1) is 13.2 Å². The minimum atomic E-state index is -1.73. The largest absolute Gasteiger partial charge is 0.479 e. The predicted molar refractivity (Wildman–Crippen MR) is 88.4 cm³/mol. The normalized spacial score (nSPS) is 19.1. The van der Waals surface area contributed by atoms with E-state index in [4.69, 9.17) is 13.9 Å². The number of hydrogen-bond donors (Lipinski definition) is 0. The number of carbonyl (C=O) groups excluding carboxylic acids is 1. The lowest BCUT2D eigenvalue weighted by molar-refractivity contribution is -0.143. The summed E-state index contributed by atoms with van der Waals surface area (Å²) < 4.78 is 16.7. The Morgan fingerprint density at radius 1 is 1.23 bits per heavy atom.